The summed E-state index contributed by atoms with van der Waals surface area (Å²) in [5.41, 5.74) is -0.573. The summed E-state index contributed by atoms with van der Waals surface area (Å²) in [5.74, 6) is -0.596. The maximum atomic E-state index is 13.3. The van der Waals surface area contributed by atoms with E-state index in [-0.39, 0.29) is 23.4 Å². The second-order valence-corrected chi connectivity index (χ2v) is 4.59. The van der Waals surface area contributed by atoms with Crippen LogP contribution in [-0.4, -0.2) is 21.5 Å². The minimum absolute atomic E-state index is 0.0175. The molecule has 1 aromatic carbocycles. The van der Waals surface area contributed by atoms with Crippen LogP contribution in [0.15, 0.2) is 12.1 Å². The fourth-order valence-corrected chi connectivity index (χ4v) is 1.44. The summed E-state index contributed by atoms with van der Waals surface area (Å²) in [4.78, 5) is 0. The average Bonchev–Trinajstić information content (AvgIpc) is 2.08. The molecule has 0 aromatic heterocycles. The van der Waals surface area contributed by atoms with Crippen LogP contribution >= 0.6 is 0 Å². The molecule has 0 saturated heterocycles. The van der Waals surface area contributed by atoms with Crippen molar-refractivity contribution in [3.63, 3.8) is 0 Å². The molecule has 16 heavy (non-hydrogen) atoms. The fourth-order valence-electron chi connectivity index (χ4n) is 1.44. The monoisotopic (exact) mass is 225 g/mol. The number of rotatable bonds is 3. The third-order valence-corrected chi connectivity index (χ3v) is 2.21. The first-order valence-corrected chi connectivity index (χ1v) is 5.00. The molecule has 1 aromatic rings. The Balaban J connectivity index is 3.05. The van der Waals surface area contributed by atoms with E-state index < -0.39 is 11.4 Å². The highest BCUT2D eigenvalue weighted by Gasteiger charge is 2.19. The molecule has 0 bridgehead atoms. The van der Waals surface area contributed by atoms with E-state index in [9.17, 15) is 14.6 Å². The van der Waals surface area contributed by atoms with E-state index in [1.807, 2.05) is 0 Å². The van der Waals surface area contributed by atoms with Gasteiger partial charge in [0.05, 0.1) is 5.60 Å². The number of aryl methyl sites for hydroxylation is 1. The lowest BCUT2D eigenvalue weighted by Crippen LogP contribution is -2.23. The third-order valence-electron chi connectivity index (χ3n) is 2.21. The summed E-state index contributed by atoms with van der Waals surface area (Å²) in [6, 6.07) is 2.41. The van der Waals surface area contributed by atoms with Gasteiger partial charge in [-0.3, -0.25) is 0 Å². The second kappa shape index (κ2) is 4.22. The molecule has 0 spiro atoms. The van der Waals surface area contributed by atoms with Crippen LogP contribution in [0.5, 0.6) is 5.75 Å². The lowest BCUT2D eigenvalue weighted by Gasteiger charge is -2.18. The molecule has 3 nitrogen and oxygen atoms in total. The molecule has 0 aliphatic heterocycles. The maximum absolute atomic E-state index is 13.3. The zero-order chi connectivity index (χ0) is 12.5. The molecular formula is C12H16FNO2. The minimum atomic E-state index is -1.05. The molecule has 0 radical (unpaired) electrons. The standard InChI is InChI=1S/C12H16FNO2/c1-7-4-11(15)8(5-9(7)13)10(14)6-12(2,3)16/h4-5,14-16H,6H2,1-3H3. The molecule has 0 amide bonds. The van der Waals surface area contributed by atoms with E-state index in [4.69, 9.17) is 5.41 Å². The Hall–Kier alpha value is -1.42. The first-order valence-electron chi connectivity index (χ1n) is 5.00. The van der Waals surface area contributed by atoms with Crippen molar-refractivity contribution < 1.29 is 14.6 Å². The average molecular weight is 225 g/mol. The van der Waals surface area contributed by atoms with E-state index in [1.165, 1.54) is 6.07 Å². The van der Waals surface area contributed by atoms with Crippen molar-refractivity contribution in [2.45, 2.75) is 32.8 Å². The molecule has 0 unspecified atom stereocenters. The van der Waals surface area contributed by atoms with Crippen molar-refractivity contribution in [3.05, 3.63) is 29.1 Å². The van der Waals surface area contributed by atoms with Crippen LogP contribution in [0, 0.1) is 18.2 Å². The van der Waals surface area contributed by atoms with Crippen LogP contribution < -0.4 is 0 Å². The first-order chi connectivity index (χ1) is 7.20. The van der Waals surface area contributed by atoms with E-state index in [1.54, 1.807) is 20.8 Å². The van der Waals surface area contributed by atoms with Crippen LogP contribution in [0.3, 0.4) is 0 Å². The van der Waals surface area contributed by atoms with E-state index in [0.29, 0.717) is 5.56 Å². The summed E-state index contributed by atoms with van der Waals surface area (Å²) in [7, 11) is 0. The van der Waals surface area contributed by atoms with E-state index >= 15 is 0 Å². The van der Waals surface area contributed by atoms with Crippen molar-refractivity contribution in [3.8, 4) is 5.75 Å². The number of phenolic OH excluding ortho intramolecular Hbond substituents is 1. The smallest absolute Gasteiger partial charge is 0.127 e. The maximum Gasteiger partial charge on any atom is 0.127 e. The molecule has 0 aliphatic carbocycles. The number of benzene rings is 1. The lowest BCUT2D eigenvalue weighted by atomic mass is 9.95. The number of halogens is 1. The van der Waals surface area contributed by atoms with Gasteiger partial charge in [-0.25, -0.2) is 4.39 Å². The van der Waals surface area contributed by atoms with Gasteiger partial charge in [-0.15, -0.1) is 0 Å². The summed E-state index contributed by atoms with van der Waals surface area (Å²) in [5, 5.41) is 26.8. The van der Waals surface area contributed by atoms with E-state index in [0.717, 1.165) is 6.07 Å². The normalized spacial score (nSPS) is 11.6. The van der Waals surface area contributed by atoms with Gasteiger partial charge in [-0.05, 0) is 38.5 Å². The van der Waals surface area contributed by atoms with Crippen molar-refractivity contribution in [2.75, 3.05) is 0 Å². The number of phenols is 1. The number of hydrogen-bond acceptors (Lipinski definition) is 3. The van der Waals surface area contributed by atoms with Crippen LogP contribution in [0.4, 0.5) is 4.39 Å². The predicted molar refractivity (Wildman–Crippen MR) is 60.5 cm³/mol. The molecule has 0 aliphatic rings. The number of aliphatic hydroxyl groups is 1. The van der Waals surface area contributed by atoms with Crippen molar-refractivity contribution in [1.29, 1.82) is 5.41 Å². The van der Waals surface area contributed by atoms with Gasteiger partial charge in [0, 0.05) is 17.7 Å². The van der Waals surface area contributed by atoms with Crippen LogP contribution in [-0.2, 0) is 0 Å². The molecule has 0 atom stereocenters. The Morgan fingerprint density at radius 3 is 2.50 bits per heavy atom. The number of hydrogen-bond donors (Lipinski definition) is 3. The molecular weight excluding hydrogens is 209 g/mol. The summed E-state index contributed by atoms with van der Waals surface area (Å²) in [6.45, 7) is 4.66. The predicted octanol–water partition coefficient (Wildman–Crippen LogP) is 2.37. The van der Waals surface area contributed by atoms with E-state index in [2.05, 4.69) is 0 Å². The highest BCUT2D eigenvalue weighted by atomic mass is 19.1. The Kier molecular flexibility index (Phi) is 3.33. The Morgan fingerprint density at radius 1 is 1.44 bits per heavy atom. The van der Waals surface area contributed by atoms with Crippen molar-refractivity contribution in [1.82, 2.24) is 0 Å². The van der Waals surface area contributed by atoms with Gasteiger partial charge >= 0.3 is 0 Å². The molecule has 4 heteroatoms. The van der Waals surface area contributed by atoms with Crippen molar-refractivity contribution in [2.24, 2.45) is 0 Å². The van der Waals surface area contributed by atoms with Gasteiger partial charge < -0.3 is 15.6 Å². The SMILES string of the molecule is Cc1cc(O)c(C(=N)CC(C)(C)O)cc1F. The summed E-state index contributed by atoms with van der Waals surface area (Å²) >= 11 is 0. The first kappa shape index (κ1) is 12.6. The summed E-state index contributed by atoms with van der Waals surface area (Å²) in [6.07, 6.45) is 0.0586. The Labute approximate surface area is 94.1 Å². The lowest BCUT2D eigenvalue weighted by molar-refractivity contribution is 0.0885. The topological polar surface area (TPSA) is 64.3 Å². The van der Waals surface area contributed by atoms with Gasteiger partial charge in [0.2, 0.25) is 0 Å². The van der Waals surface area contributed by atoms with Gasteiger partial charge in [-0.1, -0.05) is 0 Å². The molecule has 0 saturated carbocycles. The molecule has 0 fully saturated rings. The number of aromatic hydroxyl groups is 1. The number of nitrogens with one attached hydrogen (secondary N) is 1. The summed E-state index contributed by atoms with van der Waals surface area (Å²) < 4.78 is 13.3. The van der Waals surface area contributed by atoms with Crippen LogP contribution in [0.1, 0.15) is 31.4 Å². The van der Waals surface area contributed by atoms with Crippen LogP contribution in [0.2, 0.25) is 0 Å². The van der Waals surface area contributed by atoms with Gasteiger partial charge in [-0.2, -0.15) is 0 Å². The molecule has 88 valence electrons. The highest BCUT2D eigenvalue weighted by molar-refractivity contribution is 6.01. The zero-order valence-corrected chi connectivity index (χ0v) is 9.63. The zero-order valence-electron chi connectivity index (χ0n) is 9.63. The molecule has 1 rings (SSSR count). The van der Waals surface area contributed by atoms with Gasteiger partial charge in [0.25, 0.3) is 0 Å². The quantitative estimate of drug-likeness (QED) is 0.691. The second-order valence-electron chi connectivity index (χ2n) is 4.59. The van der Waals surface area contributed by atoms with Crippen molar-refractivity contribution >= 4 is 5.71 Å². The Morgan fingerprint density at radius 2 is 2.00 bits per heavy atom. The molecule has 0 heterocycles. The van der Waals surface area contributed by atoms with Gasteiger partial charge in [0.1, 0.15) is 11.6 Å². The largest absolute Gasteiger partial charge is 0.507 e. The molecule has 3 N–H and O–H groups in total. The fraction of sp³-hybridized carbons (Fsp3) is 0.417. The highest BCUT2D eigenvalue weighted by Crippen LogP contribution is 2.24. The Bertz CT molecular complexity index is 422. The van der Waals surface area contributed by atoms with Gasteiger partial charge in [0.15, 0.2) is 0 Å². The third kappa shape index (κ3) is 3.03. The van der Waals surface area contributed by atoms with Crippen LogP contribution in [0.25, 0.3) is 0 Å². The minimum Gasteiger partial charge on any atom is -0.507 e.